The van der Waals surface area contributed by atoms with Crippen LogP contribution in [0.4, 0.5) is 5.13 Å². The number of benzene rings is 1. The largest absolute Gasteiger partial charge is 0.333 e. The topological polar surface area (TPSA) is 62.3 Å². The third kappa shape index (κ3) is 2.94. The van der Waals surface area contributed by atoms with Gasteiger partial charge in [0.15, 0.2) is 5.13 Å². The number of nitrogens with one attached hydrogen (secondary N) is 1. The molecule has 6 heteroatoms. The average Bonchev–Trinajstić information content (AvgIpc) is 3.35. The Kier molecular flexibility index (Phi) is 3.84. The van der Waals surface area contributed by atoms with E-state index < -0.39 is 0 Å². The maximum Gasteiger partial charge on any atom is 0.254 e. The molecule has 1 fully saturated rings. The summed E-state index contributed by atoms with van der Waals surface area (Å²) in [6, 6.07) is 7.67. The number of aromatic nitrogens is 1. The second-order valence-corrected chi connectivity index (χ2v) is 7.53. The van der Waals surface area contributed by atoms with E-state index in [2.05, 4.69) is 10.3 Å². The fourth-order valence-corrected chi connectivity index (χ4v) is 3.99. The van der Waals surface area contributed by atoms with E-state index in [1.54, 1.807) is 0 Å². The number of nitrogens with zero attached hydrogens (tertiary/aromatic N) is 2. The van der Waals surface area contributed by atoms with Gasteiger partial charge >= 0.3 is 0 Å². The summed E-state index contributed by atoms with van der Waals surface area (Å²) in [7, 11) is 0. The number of thiazole rings is 1. The fourth-order valence-electron chi connectivity index (χ4n) is 2.96. The van der Waals surface area contributed by atoms with Gasteiger partial charge in [0.2, 0.25) is 5.91 Å². The van der Waals surface area contributed by atoms with Gasteiger partial charge in [-0.2, -0.15) is 0 Å². The van der Waals surface area contributed by atoms with E-state index in [-0.39, 0.29) is 17.7 Å². The molecule has 5 nitrogen and oxygen atoms in total. The summed E-state index contributed by atoms with van der Waals surface area (Å²) in [6.07, 6.45) is 2.70. The molecule has 1 aliphatic heterocycles. The van der Waals surface area contributed by atoms with E-state index in [9.17, 15) is 9.59 Å². The summed E-state index contributed by atoms with van der Waals surface area (Å²) in [4.78, 5) is 32.1. The predicted molar refractivity (Wildman–Crippen MR) is 93.1 cm³/mol. The second kappa shape index (κ2) is 6.02. The molecular formula is C18H19N3O2S. The molecule has 0 spiro atoms. The summed E-state index contributed by atoms with van der Waals surface area (Å²) in [5, 5.41) is 3.58. The molecule has 0 atom stereocenters. The van der Waals surface area contributed by atoms with Crippen molar-refractivity contribution in [3.8, 4) is 0 Å². The number of amides is 2. The minimum atomic E-state index is 0.0655. The minimum absolute atomic E-state index is 0.0655. The van der Waals surface area contributed by atoms with Crippen molar-refractivity contribution in [3.63, 3.8) is 0 Å². The quantitative estimate of drug-likeness (QED) is 0.933. The van der Waals surface area contributed by atoms with Crippen LogP contribution in [0.1, 0.15) is 39.3 Å². The normalized spacial score (nSPS) is 16.6. The predicted octanol–water partition coefficient (Wildman–Crippen LogP) is 3.00. The van der Waals surface area contributed by atoms with Crippen LogP contribution in [0.5, 0.6) is 0 Å². The van der Waals surface area contributed by atoms with Gasteiger partial charge in [0.1, 0.15) is 0 Å². The zero-order chi connectivity index (χ0) is 16.7. The molecule has 0 bridgehead atoms. The second-order valence-electron chi connectivity index (χ2n) is 6.44. The lowest BCUT2D eigenvalue weighted by molar-refractivity contribution is -0.117. The first-order valence-electron chi connectivity index (χ1n) is 8.26. The van der Waals surface area contributed by atoms with Crippen molar-refractivity contribution in [2.45, 2.75) is 32.7 Å². The Morgan fingerprint density at radius 1 is 1.29 bits per heavy atom. The highest BCUT2D eigenvalue weighted by Gasteiger charge is 2.31. The molecular weight excluding hydrogens is 322 g/mol. The molecule has 4 rings (SSSR count). The summed E-state index contributed by atoms with van der Waals surface area (Å²) in [6.45, 7) is 3.19. The number of carbonyl (C=O) groups is 2. The van der Waals surface area contributed by atoms with Crippen molar-refractivity contribution >= 4 is 28.3 Å². The Labute approximate surface area is 144 Å². The monoisotopic (exact) mass is 341 g/mol. The number of anilines is 1. The van der Waals surface area contributed by atoms with Crippen LogP contribution in [0.3, 0.4) is 0 Å². The van der Waals surface area contributed by atoms with Gasteiger partial charge in [0, 0.05) is 29.3 Å². The molecule has 24 heavy (non-hydrogen) atoms. The molecule has 124 valence electrons. The van der Waals surface area contributed by atoms with Crippen LogP contribution in [0.15, 0.2) is 24.3 Å². The first kappa shape index (κ1) is 15.3. The van der Waals surface area contributed by atoms with Gasteiger partial charge in [-0.05, 0) is 31.4 Å². The van der Waals surface area contributed by atoms with Crippen LogP contribution >= 0.6 is 11.3 Å². The highest BCUT2D eigenvalue weighted by Crippen LogP contribution is 2.33. The maximum absolute atomic E-state index is 12.8. The molecule has 1 aliphatic carbocycles. The summed E-state index contributed by atoms with van der Waals surface area (Å²) in [5.41, 5.74) is 2.77. The first-order chi connectivity index (χ1) is 11.6. The third-order valence-electron chi connectivity index (χ3n) is 4.57. The molecule has 0 radical (unpaired) electrons. The molecule has 2 aromatic rings. The lowest BCUT2D eigenvalue weighted by atomic mass is 10.1. The number of rotatable bonds is 3. The van der Waals surface area contributed by atoms with Crippen molar-refractivity contribution in [3.05, 3.63) is 46.0 Å². The standard InChI is InChI=1S/C18H19N3O2S/c1-11-4-2-3-5-13(11)17(23)21-9-8-14-15(10-21)24-18(19-14)20-16(22)12-6-7-12/h2-5,12H,6-10H2,1H3,(H,19,20,22). The third-order valence-corrected chi connectivity index (χ3v) is 5.57. The average molecular weight is 341 g/mol. The Hall–Kier alpha value is -2.21. The lowest BCUT2D eigenvalue weighted by Gasteiger charge is -2.26. The zero-order valence-corrected chi connectivity index (χ0v) is 14.4. The van der Waals surface area contributed by atoms with Crippen molar-refractivity contribution in [2.75, 3.05) is 11.9 Å². The van der Waals surface area contributed by atoms with Gasteiger partial charge in [-0.3, -0.25) is 9.59 Å². The molecule has 2 amide bonds. The molecule has 1 saturated carbocycles. The zero-order valence-electron chi connectivity index (χ0n) is 13.5. The van der Waals surface area contributed by atoms with Crippen molar-refractivity contribution in [2.24, 2.45) is 5.92 Å². The smallest absolute Gasteiger partial charge is 0.254 e. The van der Waals surface area contributed by atoms with Gasteiger partial charge in [-0.1, -0.05) is 29.5 Å². The number of aryl methyl sites for hydroxylation is 1. The van der Waals surface area contributed by atoms with Crippen molar-refractivity contribution < 1.29 is 9.59 Å². The SMILES string of the molecule is Cc1ccccc1C(=O)N1CCc2nc(NC(=O)C3CC3)sc2C1. The Balaban J connectivity index is 1.49. The highest BCUT2D eigenvalue weighted by molar-refractivity contribution is 7.15. The van der Waals surface area contributed by atoms with Gasteiger partial charge in [0.05, 0.1) is 12.2 Å². The molecule has 0 saturated heterocycles. The first-order valence-corrected chi connectivity index (χ1v) is 9.08. The van der Waals surface area contributed by atoms with E-state index in [1.165, 1.54) is 11.3 Å². The Morgan fingerprint density at radius 2 is 2.08 bits per heavy atom. The van der Waals surface area contributed by atoms with Gasteiger partial charge in [-0.25, -0.2) is 4.98 Å². The Bertz CT molecular complexity index is 810. The van der Waals surface area contributed by atoms with Crippen LogP contribution in [-0.2, 0) is 17.8 Å². The molecule has 1 aromatic heterocycles. The number of hydrogen-bond donors (Lipinski definition) is 1. The number of fused-ring (bicyclic) bond motifs is 1. The van der Waals surface area contributed by atoms with E-state index >= 15 is 0 Å². The van der Waals surface area contributed by atoms with E-state index in [0.29, 0.717) is 18.2 Å². The number of hydrogen-bond acceptors (Lipinski definition) is 4. The number of carbonyl (C=O) groups excluding carboxylic acids is 2. The molecule has 2 heterocycles. The molecule has 1 N–H and O–H groups in total. The van der Waals surface area contributed by atoms with Gasteiger partial charge in [0.25, 0.3) is 5.91 Å². The van der Waals surface area contributed by atoms with Crippen molar-refractivity contribution in [1.29, 1.82) is 0 Å². The maximum atomic E-state index is 12.8. The van der Waals surface area contributed by atoms with E-state index in [4.69, 9.17) is 0 Å². The summed E-state index contributed by atoms with van der Waals surface area (Å²) in [5.74, 6) is 0.315. The van der Waals surface area contributed by atoms with Gasteiger partial charge in [-0.15, -0.1) is 0 Å². The molecule has 0 unspecified atom stereocenters. The van der Waals surface area contributed by atoms with Crippen molar-refractivity contribution in [1.82, 2.24) is 9.88 Å². The van der Waals surface area contributed by atoms with Crippen LogP contribution in [-0.4, -0.2) is 28.2 Å². The van der Waals surface area contributed by atoms with E-state index in [0.717, 1.165) is 41.0 Å². The Morgan fingerprint density at radius 3 is 2.83 bits per heavy atom. The van der Waals surface area contributed by atoms with Crippen LogP contribution in [0.2, 0.25) is 0 Å². The summed E-state index contributed by atoms with van der Waals surface area (Å²) >= 11 is 1.49. The summed E-state index contributed by atoms with van der Waals surface area (Å²) < 4.78 is 0. The van der Waals surface area contributed by atoms with Crippen LogP contribution in [0, 0.1) is 12.8 Å². The minimum Gasteiger partial charge on any atom is -0.333 e. The molecule has 1 aromatic carbocycles. The lowest BCUT2D eigenvalue weighted by Crippen LogP contribution is -2.35. The van der Waals surface area contributed by atoms with Gasteiger partial charge < -0.3 is 10.2 Å². The van der Waals surface area contributed by atoms with E-state index in [1.807, 2.05) is 36.1 Å². The van der Waals surface area contributed by atoms with Crippen LogP contribution in [0.25, 0.3) is 0 Å². The fraction of sp³-hybridized carbons (Fsp3) is 0.389. The van der Waals surface area contributed by atoms with Crippen LogP contribution < -0.4 is 5.32 Å². The highest BCUT2D eigenvalue weighted by atomic mass is 32.1. The molecule has 2 aliphatic rings.